The molecule has 0 spiro atoms. The predicted octanol–water partition coefficient (Wildman–Crippen LogP) is 1.74. The van der Waals surface area contributed by atoms with E-state index >= 15 is 0 Å². The summed E-state index contributed by atoms with van der Waals surface area (Å²) in [6.45, 7) is 2.58. The van der Waals surface area contributed by atoms with Gasteiger partial charge < -0.3 is 14.8 Å². The Kier molecular flexibility index (Phi) is 6.17. The molecule has 0 bridgehead atoms. The number of nitrogens with one attached hydrogen (secondary N) is 1. The van der Waals surface area contributed by atoms with Gasteiger partial charge in [0.05, 0.1) is 13.2 Å². The zero-order valence-electron chi connectivity index (χ0n) is 12.3. The van der Waals surface area contributed by atoms with E-state index in [9.17, 15) is 9.59 Å². The van der Waals surface area contributed by atoms with Gasteiger partial charge in [0.15, 0.2) is 6.29 Å². The molecule has 1 amide bonds. The lowest BCUT2D eigenvalue weighted by molar-refractivity contribution is -0.230. The van der Waals surface area contributed by atoms with Crippen molar-refractivity contribution in [1.82, 2.24) is 5.32 Å². The van der Waals surface area contributed by atoms with Crippen LogP contribution in [0.4, 0.5) is 4.79 Å². The number of amides is 1. The fourth-order valence-electron chi connectivity index (χ4n) is 2.05. The lowest BCUT2D eigenvalue weighted by atomic mass is 10.0. The average Bonchev–Trinajstić information content (AvgIpc) is 2.54. The molecule has 120 valence electrons. The average molecular weight is 309 g/mol. The zero-order chi connectivity index (χ0) is 15.8. The summed E-state index contributed by atoms with van der Waals surface area (Å²) in [5.74, 6) is -0.472. The van der Waals surface area contributed by atoms with E-state index in [4.69, 9.17) is 9.47 Å². The minimum atomic E-state index is -0.826. The van der Waals surface area contributed by atoms with E-state index in [0.717, 1.165) is 6.92 Å². The number of rotatable bonds is 4. The highest BCUT2D eigenvalue weighted by molar-refractivity contribution is 5.70. The molecule has 1 aromatic carbocycles. The van der Waals surface area contributed by atoms with Gasteiger partial charge in [-0.15, -0.1) is 0 Å². The Morgan fingerprint density at radius 1 is 1.18 bits per heavy atom. The standard InChI is InChI=1S/C15H19NO6/c1-11(17)21-22-15(18)16-8-7-14-19-9-13(10-20-14)12-5-3-2-4-6-12/h2-6,13-14H,7-10H2,1H3,(H,16,18). The number of hydrogen-bond acceptors (Lipinski definition) is 6. The Morgan fingerprint density at radius 3 is 2.50 bits per heavy atom. The predicted molar refractivity (Wildman–Crippen MR) is 75.7 cm³/mol. The molecule has 7 nitrogen and oxygen atoms in total. The Hall–Kier alpha value is -2.12. The summed E-state index contributed by atoms with van der Waals surface area (Å²) in [7, 11) is 0. The van der Waals surface area contributed by atoms with Gasteiger partial charge in [0, 0.05) is 25.8 Å². The summed E-state index contributed by atoms with van der Waals surface area (Å²) in [4.78, 5) is 29.9. The molecule has 2 rings (SSSR count). The van der Waals surface area contributed by atoms with E-state index in [2.05, 4.69) is 15.1 Å². The van der Waals surface area contributed by atoms with Crippen molar-refractivity contribution in [2.24, 2.45) is 0 Å². The van der Waals surface area contributed by atoms with Gasteiger partial charge in [0.25, 0.3) is 0 Å². The van der Waals surface area contributed by atoms with Crippen molar-refractivity contribution in [1.29, 1.82) is 0 Å². The van der Waals surface area contributed by atoms with Crippen LogP contribution in [0.25, 0.3) is 0 Å². The van der Waals surface area contributed by atoms with Gasteiger partial charge in [0.2, 0.25) is 0 Å². The van der Waals surface area contributed by atoms with E-state index in [1.54, 1.807) is 0 Å². The number of carbonyl (C=O) groups is 2. The Morgan fingerprint density at radius 2 is 1.86 bits per heavy atom. The van der Waals surface area contributed by atoms with Crippen LogP contribution in [0.15, 0.2) is 30.3 Å². The van der Waals surface area contributed by atoms with Crippen LogP contribution in [0.2, 0.25) is 0 Å². The van der Waals surface area contributed by atoms with Gasteiger partial charge >= 0.3 is 12.1 Å². The van der Waals surface area contributed by atoms with Gasteiger partial charge in [-0.3, -0.25) is 0 Å². The van der Waals surface area contributed by atoms with E-state index in [0.29, 0.717) is 26.2 Å². The van der Waals surface area contributed by atoms with Crippen molar-refractivity contribution >= 4 is 12.1 Å². The van der Waals surface area contributed by atoms with Crippen LogP contribution in [0.3, 0.4) is 0 Å². The van der Waals surface area contributed by atoms with Crippen molar-refractivity contribution in [3.63, 3.8) is 0 Å². The summed E-state index contributed by atoms with van der Waals surface area (Å²) in [5, 5.41) is 2.43. The third-order valence-corrected chi connectivity index (χ3v) is 3.12. The van der Waals surface area contributed by atoms with Crippen LogP contribution in [0.1, 0.15) is 24.8 Å². The van der Waals surface area contributed by atoms with Crippen molar-refractivity contribution < 1.29 is 28.8 Å². The van der Waals surface area contributed by atoms with Crippen molar-refractivity contribution in [3.8, 4) is 0 Å². The lowest BCUT2D eigenvalue weighted by Crippen LogP contribution is -2.34. The molecular formula is C15H19NO6. The number of ether oxygens (including phenoxy) is 2. The minimum absolute atomic E-state index is 0.222. The fourth-order valence-corrected chi connectivity index (χ4v) is 2.05. The fraction of sp³-hybridized carbons (Fsp3) is 0.467. The second-order valence-electron chi connectivity index (χ2n) is 4.86. The van der Waals surface area contributed by atoms with Gasteiger partial charge in [0.1, 0.15) is 0 Å². The molecule has 0 aromatic heterocycles. The SMILES string of the molecule is CC(=O)OOC(=O)NCCC1OCC(c2ccccc2)CO1. The van der Waals surface area contributed by atoms with Gasteiger partial charge in [-0.1, -0.05) is 30.3 Å². The largest absolute Gasteiger partial charge is 0.450 e. The molecular weight excluding hydrogens is 290 g/mol. The molecule has 1 saturated heterocycles. The van der Waals surface area contributed by atoms with E-state index in [1.807, 2.05) is 30.3 Å². The van der Waals surface area contributed by atoms with Gasteiger partial charge in [-0.25, -0.2) is 19.4 Å². The maximum Gasteiger partial charge on any atom is 0.450 e. The molecule has 1 aliphatic rings. The van der Waals surface area contributed by atoms with Crippen LogP contribution in [-0.4, -0.2) is 38.1 Å². The normalized spacial score (nSPS) is 21.0. The Bertz CT molecular complexity index is 484. The molecule has 0 aliphatic carbocycles. The molecule has 1 fully saturated rings. The van der Waals surface area contributed by atoms with Crippen LogP contribution >= 0.6 is 0 Å². The third-order valence-electron chi connectivity index (χ3n) is 3.12. The quantitative estimate of drug-likeness (QED) is 0.674. The zero-order valence-corrected chi connectivity index (χ0v) is 12.3. The number of hydrogen-bond donors (Lipinski definition) is 1. The first-order valence-corrected chi connectivity index (χ1v) is 7.06. The summed E-state index contributed by atoms with van der Waals surface area (Å²) < 4.78 is 11.3. The highest BCUT2D eigenvalue weighted by Crippen LogP contribution is 2.22. The lowest BCUT2D eigenvalue weighted by Gasteiger charge is -2.29. The third kappa shape index (κ3) is 5.34. The maximum atomic E-state index is 11.1. The Labute approximate surface area is 128 Å². The molecule has 7 heteroatoms. The van der Waals surface area contributed by atoms with Crippen molar-refractivity contribution in [3.05, 3.63) is 35.9 Å². The molecule has 1 N–H and O–H groups in total. The molecule has 0 saturated carbocycles. The summed E-state index contributed by atoms with van der Waals surface area (Å²) in [5.41, 5.74) is 1.18. The molecule has 0 radical (unpaired) electrons. The number of carbonyl (C=O) groups excluding carboxylic acids is 2. The van der Waals surface area contributed by atoms with E-state index < -0.39 is 12.1 Å². The van der Waals surface area contributed by atoms with Crippen molar-refractivity contribution in [2.75, 3.05) is 19.8 Å². The first-order valence-electron chi connectivity index (χ1n) is 7.06. The highest BCUT2D eigenvalue weighted by atomic mass is 17.2. The van der Waals surface area contributed by atoms with E-state index in [-0.39, 0.29) is 12.2 Å². The highest BCUT2D eigenvalue weighted by Gasteiger charge is 2.23. The smallest absolute Gasteiger partial charge is 0.352 e. The van der Waals surface area contributed by atoms with Crippen LogP contribution in [0, 0.1) is 0 Å². The van der Waals surface area contributed by atoms with Crippen molar-refractivity contribution in [2.45, 2.75) is 25.6 Å². The summed E-state index contributed by atoms with van der Waals surface area (Å²) in [6, 6.07) is 10.0. The Balaban J connectivity index is 1.62. The van der Waals surface area contributed by atoms with Crippen LogP contribution in [-0.2, 0) is 24.0 Å². The van der Waals surface area contributed by atoms with Gasteiger partial charge in [-0.2, -0.15) is 0 Å². The molecule has 1 aliphatic heterocycles. The second-order valence-corrected chi connectivity index (χ2v) is 4.86. The minimum Gasteiger partial charge on any atom is -0.352 e. The molecule has 1 aromatic rings. The summed E-state index contributed by atoms with van der Waals surface area (Å²) >= 11 is 0. The van der Waals surface area contributed by atoms with E-state index in [1.165, 1.54) is 5.56 Å². The maximum absolute atomic E-state index is 11.1. The topological polar surface area (TPSA) is 83.1 Å². The first kappa shape index (κ1) is 16.3. The first-order chi connectivity index (χ1) is 10.6. The monoisotopic (exact) mass is 309 g/mol. The van der Waals surface area contributed by atoms with Crippen LogP contribution in [0.5, 0.6) is 0 Å². The number of benzene rings is 1. The molecule has 0 atom stereocenters. The molecule has 22 heavy (non-hydrogen) atoms. The molecule has 0 unspecified atom stereocenters. The summed E-state index contributed by atoms with van der Waals surface area (Å²) in [6.07, 6.45) is -0.710. The molecule has 1 heterocycles. The second kappa shape index (κ2) is 8.35. The van der Waals surface area contributed by atoms with Crippen LogP contribution < -0.4 is 5.32 Å². The van der Waals surface area contributed by atoms with Gasteiger partial charge in [-0.05, 0) is 5.56 Å².